The van der Waals surface area contributed by atoms with Crippen molar-refractivity contribution in [2.24, 2.45) is 5.92 Å². The summed E-state index contributed by atoms with van der Waals surface area (Å²) in [6.45, 7) is 7.86. The molecular weight excluding hydrogens is 324 g/mol. The number of amides is 1. The van der Waals surface area contributed by atoms with E-state index in [4.69, 9.17) is 5.10 Å². The van der Waals surface area contributed by atoms with Crippen LogP contribution in [0.4, 0.5) is 0 Å². The number of hydrogen-bond donors (Lipinski definition) is 0. The predicted octanol–water partition coefficient (Wildman–Crippen LogP) is 4.24. The molecule has 2 aromatic heterocycles. The van der Waals surface area contributed by atoms with E-state index in [1.165, 1.54) is 37.7 Å². The van der Waals surface area contributed by atoms with E-state index in [1.807, 2.05) is 17.0 Å². The van der Waals surface area contributed by atoms with Crippen LogP contribution < -0.4 is 0 Å². The predicted molar refractivity (Wildman–Crippen MR) is 102 cm³/mol. The zero-order valence-corrected chi connectivity index (χ0v) is 16.2. The Morgan fingerprint density at radius 3 is 2.46 bits per heavy atom. The molecule has 5 nitrogen and oxygen atoms in total. The van der Waals surface area contributed by atoms with Crippen LogP contribution >= 0.6 is 0 Å². The van der Waals surface area contributed by atoms with Crippen molar-refractivity contribution in [3.05, 3.63) is 35.8 Å². The molecule has 0 spiro atoms. The second-order valence-corrected chi connectivity index (χ2v) is 8.88. The molecule has 2 aliphatic rings. The first-order valence-electron chi connectivity index (χ1n) is 9.96. The summed E-state index contributed by atoms with van der Waals surface area (Å²) in [6, 6.07) is 4.07. The summed E-state index contributed by atoms with van der Waals surface area (Å²) in [5.74, 6) is 1.99. The highest BCUT2D eigenvalue weighted by Gasteiger charge is 2.34. The van der Waals surface area contributed by atoms with Crippen LogP contribution in [0.2, 0.25) is 0 Å². The van der Waals surface area contributed by atoms with Crippen LogP contribution in [0.3, 0.4) is 0 Å². The molecular formula is C21H30N4O. The van der Waals surface area contributed by atoms with Gasteiger partial charge in [-0.1, -0.05) is 19.3 Å². The van der Waals surface area contributed by atoms with Gasteiger partial charge in [-0.25, -0.2) is 4.68 Å². The Balaban J connectivity index is 1.56. The molecule has 0 aromatic carbocycles. The van der Waals surface area contributed by atoms with Crippen LogP contribution in [0.1, 0.15) is 70.6 Å². The molecule has 0 unspecified atom stereocenters. The van der Waals surface area contributed by atoms with Crippen molar-refractivity contribution in [1.29, 1.82) is 0 Å². The van der Waals surface area contributed by atoms with Crippen molar-refractivity contribution < 1.29 is 4.79 Å². The molecule has 1 amide bonds. The fourth-order valence-corrected chi connectivity index (χ4v) is 4.35. The van der Waals surface area contributed by atoms with Gasteiger partial charge in [-0.3, -0.25) is 4.79 Å². The first-order chi connectivity index (χ1) is 12.4. The zero-order valence-electron chi connectivity index (χ0n) is 16.2. The number of nitrogens with zero attached hydrogens (tertiary/aromatic N) is 4. The van der Waals surface area contributed by atoms with Gasteiger partial charge in [0.25, 0.3) is 0 Å². The summed E-state index contributed by atoms with van der Waals surface area (Å²) < 4.78 is 4.24. The number of aromatic nitrogens is 3. The second kappa shape index (κ2) is 6.60. The number of carbonyl (C=O) groups is 1. The van der Waals surface area contributed by atoms with E-state index in [0.29, 0.717) is 31.3 Å². The standard InChI is InChI=1S/C21H30N4O/c1-21(2,3)25-20(23-11-7-8-12-23)17-14-24(15-18(17)22-25)19(26)13-16-9-5-4-6-10-16/h7-8,11-12,16H,4-6,9-10,13-15H2,1-3H3. The molecule has 0 radical (unpaired) electrons. The molecule has 1 saturated carbocycles. The molecule has 1 aliphatic heterocycles. The quantitative estimate of drug-likeness (QED) is 0.827. The van der Waals surface area contributed by atoms with E-state index in [2.05, 4.69) is 42.4 Å². The van der Waals surface area contributed by atoms with Gasteiger partial charge in [0.05, 0.1) is 24.3 Å². The molecule has 4 rings (SSSR count). The summed E-state index contributed by atoms with van der Waals surface area (Å²) >= 11 is 0. The minimum atomic E-state index is -0.0963. The molecule has 140 valence electrons. The minimum Gasteiger partial charge on any atom is -0.332 e. The van der Waals surface area contributed by atoms with E-state index >= 15 is 0 Å². The van der Waals surface area contributed by atoms with Crippen molar-refractivity contribution in [2.75, 3.05) is 0 Å². The number of carbonyl (C=O) groups excluding carboxylic acids is 1. The smallest absolute Gasteiger partial charge is 0.223 e. The fraction of sp³-hybridized carbons (Fsp3) is 0.619. The van der Waals surface area contributed by atoms with Gasteiger partial charge in [0, 0.05) is 24.4 Å². The average molecular weight is 354 g/mol. The Bertz CT molecular complexity index is 776. The topological polar surface area (TPSA) is 43.1 Å². The third kappa shape index (κ3) is 3.19. The van der Waals surface area contributed by atoms with Gasteiger partial charge in [-0.15, -0.1) is 0 Å². The molecule has 0 bridgehead atoms. The number of hydrogen-bond acceptors (Lipinski definition) is 2. The highest BCUT2D eigenvalue weighted by Crippen LogP contribution is 2.33. The molecule has 0 saturated heterocycles. The summed E-state index contributed by atoms with van der Waals surface area (Å²) in [4.78, 5) is 14.9. The van der Waals surface area contributed by atoms with Crippen molar-refractivity contribution in [3.8, 4) is 5.82 Å². The SMILES string of the molecule is CC(C)(C)n1nc2c(c1-n1cccc1)CN(C(=O)CC1CCCCC1)C2. The lowest BCUT2D eigenvalue weighted by Crippen LogP contribution is -2.30. The van der Waals surface area contributed by atoms with Crippen LogP contribution in [0.15, 0.2) is 24.5 Å². The lowest BCUT2D eigenvalue weighted by Gasteiger charge is -2.26. The van der Waals surface area contributed by atoms with Crippen LogP contribution in [0.5, 0.6) is 0 Å². The Labute approximate surface area is 156 Å². The maximum atomic E-state index is 12.8. The summed E-state index contributed by atoms with van der Waals surface area (Å²) in [5, 5.41) is 4.90. The average Bonchev–Trinajstić information content (AvgIpc) is 3.30. The molecule has 2 aromatic rings. The van der Waals surface area contributed by atoms with Crippen LogP contribution in [0.25, 0.3) is 5.82 Å². The Morgan fingerprint density at radius 2 is 1.81 bits per heavy atom. The van der Waals surface area contributed by atoms with E-state index in [9.17, 15) is 4.79 Å². The van der Waals surface area contributed by atoms with Crippen LogP contribution in [-0.2, 0) is 23.4 Å². The Kier molecular flexibility index (Phi) is 4.41. The van der Waals surface area contributed by atoms with E-state index in [0.717, 1.165) is 11.5 Å². The van der Waals surface area contributed by atoms with Crippen LogP contribution in [-0.4, -0.2) is 25.2 Å². The second-order valence-electron chi connectivity index (χ2n) is 8.88. The summed E-state index contributed by atoms with van der Waals surface area (Å²) in [7, 11) is 0. The number of rotatable bonds is 3. The van der Waals surface area contributed by atoms with E-state index in [1.54, 1.807) is 0 Å². The maximum absolute atomic E-state index is 12.8. The molecule has 3 heterocycles. The molecule has 0 atom stereocenters. The highest BCUT2D eigenvalue weighted by molar-refractivity contribution is 5.77. The van der Waals surface area contributed by atoms with Gasteiger partial charge < -0.3 is 9.47 Å². The van der Waals surface area contributed by atoms with E-state index < -0.39 is 0 Å². The highest BCUT2D eigenvalue weighted by atomic mass is 16.2. The lowest BCUT2D eigenvalue weighted by molar-refractivity contribution is -0.133. The van der Waals surface area contributed by atoms with Crippen molar-refractivity contribution >= 4 is 5.91 Å². The maximum Gasteiger partial charge on any atom is 0.223 e. The third-order valence-corrected chi connectivity index (χ3v) is 5.75. The molecule has 1 aliphatic carbocycles. The van der Waals surface area contributed by atoms with Gasteiger partial charge in [0.15, 0.2) is 0 Å². The molecule has 5 heteroatoms. The van der Waals surface area contributed by atoms with Crippen molar-refractivity contribution in [3.63, 3.8) is 0 Å². The van der Waals surface area contributed by atoms with Gasteiger partial charge in [0.2, 0.25) is 5.91 Å². The van der Waals surface area contributed by atoms with Gasteiger partial charge in [0.1, 0.15) is 5.82 Å². The first-order valence-corrected chi connectivity index (χ1v) is 9.96. The van der Waals surface area contributed by atoms with Crippen LogP contribution in [0, 0.1) is 5.92 Å². The van der Waals surface area contributed by atoms with Gasteiger partial charge in [-0.05, 0) is 51.7 Å². The Hall–Kier alpha value is -2.04. The van der Waals surface area contributed by atoms with Gasteiger partial charge >= 0.3 is 0 Å². The zero-order chi connectivity index (χ0) is 18.3. The van der Waals surface area contributed by atoms with E-state index in [-0.39, 0.29) is 5.54 Å². The van der Waals surface area contributed by atoms with Crippen molar-refractivity contribution in [1.82, 2.24) is 19.2 Å². The molecule has 1 fully saturated rings. The summed E-state index contributed by atoms with van der Waals surface area (Å²) in [6.07, 6.45) is 11.2. The number of fused-ring (bicyclic) bond motifs is 1. The monoisotopic (exact) mass is 354 g/mol. The Morgan fingerprint density at radius 1 is 1.12 bits per heavy atom. The summed E-state index contributed by atoms with van der Waals surface area (Å²) in [5.41, 5.74) is 2.16. The van der Waals surface area contributed by atoms with Gasteiger partial charge in [-0.2, -0.15) is 5.10 Å². The first kappa shape index (κ1) is 17.4. The normalized spacial score (nSPS) is 18.3. The largest absolute Gasteiger partial charge is 0.332 e. The molecule has 26 heavy (non-hydrogen) atoms. The molecule has 0 N–H and O–H groups in total. The minimum absolute atomic E-state index is 0.0963. The third-order valence-electron chi connectivity index (χ3n) is 5.75. The lowest BCUT2D eigenvalue weighted by atomic mass is 9.87. The van der Waals surface area contributed by atoms with Crippen molar-refractivity contribution in [2.45, 2.75) is 77.9 Å². The fourth-order valence-electron chi connectivity index (χ4n) is 4.35.